The van der Waals surface area contributed by atoms with Crippen LogP contribution in [-0.2, 0) is 0 Å². The fraction of sp³-hybridized carbons (Fsp3) is 0.600. The molecule has 0 aliphatic carbocycles. The second kappa shape index (κ2) is 7.07. The monoisotopic (exact) mass is 251 g/mol. The SMILES string of the molecule is CCCC(NCC(C)(C)SC)c1ccccc1. The van der Waals surface area contributed by atoms with Crippen LogP contribution in [0, 0.1) is 0 Å². The molecule has 17 heavy (non-hydrogen) atoms. The normalized spacial score (nSPS) is 13.6. The third kappa shape index (κ3) is 5.13. The number of hydrogen-bond acceptors (Lipinski definition) is 2. The largest absolute Gasteiger partial charge is 0.309 e. The van der Waals surface area contributed by atoms with E-state index in [2.05, 4.69) is 62.7 Å². The number of thioether (sulfide) groups is 1. The molecule has 0 saturated carbocycles. The summed E-state index contributed by atoms with van der Waals surface area (Å²) in [7, 11) is 0. The van der Waals surface area contributed by atoms with Crippen molar-refractivity contribution in [2.24, 2.45) is 0 Å². The summed E-state index contributed by atoms with van der Waals surface area (Å²) >= 11 is 1.92. The lowest BCUT2D eigenvalue weighted by Gasteiger charge is -2.27. The highest BCUT2D eigenvalue weighted by Gasteiger charge is 2.18. The van der Waals surface area contributed by atoms with Gasteiger partial charge in [0.15, 0.2) is 0 Å². The van der Waals surface area contributed by atoms with Crippen LogP contribution in [0.25, 0.3) is 0 Å². The Labute approximate surface area is 110 Å². The highest BCUT2D eigenvalue weighted by atomic mass is 32.2. The molecule has 0 heterocycles. The summed E-state index contributed by atoms with van der Waals surface area (Å²) in [4.78, 5) is 0. The van der Waals surface area contributed by atoms with Gasteiger partial charge in [-0.2, -0.15) is 11.8 Å². The lowest BCUT2D eigenvalue weighted by molar-refractivity contribution is 0.466. The van der Waals surface area contributed by atoms with Crippen LogP contribution in [0.4, 0.5) is 0 Å². The third-order valence-electron chi connectivity index (χ3n) is 3.11. The molecule has 0 spiro atoms. The van der Waals surface area contributed by atoms with Gasteiger partial charge in [-0.15, -0.1) is 0 Å². The molecule has 0 aromatic heterocycles. The van der Waals surface area contributed by atoms with Crippen LogP contribution in [0.1, 0.15) is 45.2 Å². The summed E-state index contributed by atoms with van der Waals surface area (Å²) in [5, 5.41) is 3.71. The van der Waals surface area contributed by atoms with Gasteiger partial charge in [-0.1, -0.05) is 43.7 Å². The van der Waals surface area contributed by atoms with E-state index in [0.29, 0.717) is 10.8 Å². The maximum atomic E-state index is 3.71. The van der Waals surface area contributed by atoms with Gasteiger partial charge in [0.05, 0.1) is 0 Å². The Kier molecular flexibility index (Phi) is 6.07. The molecule has 2 heteroatoms. The predicted molar refractivity (Wildman–Crippen MR) is 79.7 cm³/mol. The van der Waals surface area contributed by atoms with Crippen LogP contribution in [0.5, 0.6) is 0 Å². The zero-order valence-electron chi connectivity index (χ0n) is 11.5. The van der Waals surface area contributed by atoms with Crippen molar-refractivity contribution in [1.29, 1.82) is 0 Å². The maximum Gasteiger partial charge on any atom is 0.0320 e. The van der Waals surface area contributed by atoms with Gasteiger partial charge in [-0.3, -0.25) is 0 Å². The first kappa shape index (κ1) is 14.6. The van der Waals surface area contributed by atoms with E-state index in [1.807, 2.05) is 11.8 Å². The smallest absolute Gasteiger partial charge is 0.0320 e. The van der Waals surface area contributed by atoms with Crippen molar-refractivity contribution < 1.29 is 0 Å². The zero-order chi connectivity index (χ0) is 12.7. The fourth-order valence-electron chi connectivity index (χ4n) is 1.80. The highest BCUT2D eigenvalue weighted by molar-refractivity contribution is 7.99. The summed E-state index contributed by atoms with van der Waals surface area (Å²) in [6, 6.07) is 11.3. The first-order valence-electron chi connectivity index (χ1n) is 6.42. The Hall–Kier alpha value is -0.470. The quantitative estimate of drug-likeness (QED) is 0.777. The standard InChI is InChI=1S/C15H25NS/c1-5-9-14(13-10-7-6-8-11-13)16-12-15(2,3)17-4/h6-8,10-11,14,16H,5,9,12H2,1-4H3. The van der Waals surface area contributed by atoms with Gasteiger partial charge in [-0.05, 0) is 32.1 Å². The van der Waals surface area contributed by atoms with Crippen molar-refractivity contribution in [3.63, 3.8) is 0 Å². The molecule has 1 nitrogen and oxygen atoms in total. The van der Waals surface area contributed by atoms with Gasteiger partial charge < -0.3 is 5.32 Å². The maximum absolute atomic E-state index is 3.71. The van der Waals surface area contributed by atoms with Crippen LogP contribution < -0.4 is 5.32 Å². The molecule has 0 saturated heterocycles. The average Bonchev–Trinajstić information content (AvgIpc) is 2.35. The average molecular weight is 251 g/mol. The Bertz CT molecular complexity index is 308. The van der Waals surface area contributed by atoms with E-state index in [-0.39, 0.29) is 0 Å². The number of benzene rings is 1. The molecule has 1 unspecified atom stereocenters. The first-order valence-corrected chi connectivity index (χ1v) is 7.65. The number of nitrogens with one attached hydrogen (secondary N) is 1. The molecule has 0 fully saturated rings. The molecule has 0 amide bonds. The minimum absolute atomic E-state index is 0.306. The second-order valence-corrected chi connectivity index (χ2v) is 6.61. The van der Waals surface area contributed by atoms with E-state index in [1.165, 1.54) is 18.4 Å². The van der Waals surface area contributed by atoms with Crippen molar-refractivity contribution in [3.8, 4) is 0 Å². The van der Waals surface area contributed by atoms with E-state index < -0.39 is 0 Å². The Balaban J connectivity index is 2.61. The lowest BCUT2D eigenvalue weighted by atomic mass is 10.0. The zero-order valence-corrected chi connectivity index (χ0v) is 12.3. The molecule has 0 aliphatic heterocycles. The Morgan fingerprint density at radius 2 is 1.88 bits per heavy atom. The van der Waals surface area contributed by atoms with E-state index >= 15 is 0 Å². The van der Waals surface area contributed by atoms with E-state index in [0.717, 1.165) is 6.54 Å². The van der Waals surface area contributed by atoms with Crippen LogP contribution in [0.3, 0.4) is 0 Å². The topological polar surface area (TPSA) is 12.0 Å². The molecule has 1 aromatic carbocycles. The van der Waals surface area contributed by atoms with Crippen molar-refractivity contribution >= 4 is 11.8 Å². The van der Waals surface area contributed by atoms with E-state index in [4.69, 9.17) is 0 Å². The second-order valence-electron chi connectivity index (χ2n) is 5.10. The molecule has 0 aliphatic rings. The van der Waals surface area contributed by atoms with Crippen LogP contribution in [0.2, 0.25) is 0 Å². The molecule has 0 radical (unpaired) electrons. The fourth-order valence-corrected chi connectivity index (χ4v) is 2.03. The van der Waals surface area contributed by atoms with Crippen LogP contribution in [-0.4, -0.2) is 17.5 Å². The van der Waals surface area contributed by atoms with Gasteiger partial charge in [0.1, 0.15) is 0 Å². The predicted octanol–water partition coefficient (Wildman–Crippen LogP) is 4.26. The van der Waals surface area contributed by atoms with E-state index in [1.54, 1.807) is 0 Å². The molecule has 0 bridgehead atoms. The van der Waals surface area contributed by atoms with E-state index in [9.17, 15) is 0 Å². The van der Waals surface area contributed by atoms with Gasteiger partial charge in [-0.25, -0.2) is 0 Å². The van der Waals surface area contributed by atoms with Crippen LogP contribution >= 0.6 is 11.8 Å². The third-order valence-corrected chi connectivity index (χ3v) is 4.36. The minimum atomic E-state index is 0.306. The molecule has 1 rings (SSSR count). The summed E-state index contributed by atoms with van der Waals surface area (Å²) in [5.41, 5.74) is 1.41. The Morgan fingerprint density at radius 1 is 1.24 bits per heavy atom. The molecular weight excluding hydrogens is 226 g/mol. The summed E-state index contributed by atoms with van der Waals surface area (Å²) in [5.74, 6) is 0. The highest BCUT2D eigenvalue weighted by Crippen LogP contribution is 2.23. The summed E-state index contributed by atoms with van der Waals surface area (Å²) in [6.45, 7) is 7.88. The lowest BCUT2D eigenvalue weighted by Crippen LogP contribution is -2.34. The van der Waals surface area contributed by atoms with Crippen molar-refractivity contribution in [2.75, 3.05) is 12.8 Å². The van der Waals surface area contributed by atoms with Crippen LogP contribution in [0.15, 0.2) is 30.3 Å². The van der Waals surface area contributed by atoms with Gasteiger partial charge in [0.2, 0.25) is 0 Å². The van der Waals surface area contributed by atoms with Gasteiger partial charge in [0, 0.05) is 17.3 Å². The van der Waals surface area contributed by atoms with Crippen molar-refractivity contribution in [3.05, 3.63) is 35.9 Å². The van der Waals surface area contributed by atoms with Crippen molar-refractivity contribution in [2.45, 2.75) is 44.4 Å². The number of hydrogen-bond donors (Lipinski definition) is 1. The molecule has 96 valence electrons. The van der Waals surface area contributed by atoms with Gasteiger partial charge >= 0.3 is 0 Å². The van der Waals surface area contributed by atoms with Gasteiger partial charge in [0.25, 0.3) is 0 Å². The molecular formula is C15H25NS. The summed E-state index contributed by atoms with van der Waals surface area (Å²) < 4.78 is 0.306. The summed E-state index contributed by atoms with van der Waals surface area (Å²) in [6.07, 6.45) is 4.60. The molecule has 1 aromatic rings. The number of rotatable bonds is 7. The molecule has 1 N–H and O–H groups in total. The minimum Gasteiger partial charge on any atom is -0.309 e. The molecule has 1 atom stereocenters. The first-order chi connectivity index (χ1) is 8.09. The Morgan fingerprint density at radius 3 is 2.41 bits per heavy atom. The van der Waals surface area contributed by atoms with Crippen molar-refractivity contribution in [1.82, 2.24) is 5.32 Å².